The summed E-state index contributed by atoms with van der Waals surface area (Å²) >= 11 is 5.34. The second-order valence-corrected chi connectivity index (χ2v) is 9.75. The summed E-state index contributed by atoms with van der Waals surface area (Å²) in [5.41, 5.74) is 2.93. The lowest BCUT2D eigenvalue weighted by Crippen LogP contribution is -2.38. The van der Waals surface area contributed by atoms with Gasteiger partial charge >= 0.3 is 0 Å². The number of aromatic nitrogens is 2. The summed E-state index contributed by atoms with van der Waals surface area (Å²) in [4.78, 5) is 30.9. The molecule has 1 amide bonds. The van der Waals surface area contributed by atoms with E-state index in [-0.39, 0.29) is 24.4 Å². The molecule has 2 heterocycles. The van der Waals surface area contributed by atoms with E-state index in [0.29, 0.717) is 34.1 Å². The molecule has 1 saturated heterocycles. The van der Waals surface area contributed by atoms with Crippen LogP contribution in [-0.2, 0) is 24.4 Å². The SMILES string of the molecule is CC1CC(C)CN(Cc2ccccc2CNC(=O)CCn2c(=S)[nH]c3ccccc3c2=O)C1. The number of rotatable bonds is 7. The summed E-state index contributed by atoms with van der Waals surface area (Å²) in [5, 5.41) is 3.59. The predicted molar refractivity (Wildman–Crippen MR) is 135 cm³/mol. The third-order valence-corrected chi connectivity index (χ3v) is 6.71. The molecule has 0 aliphatic carbocycles. The second-order valence-electron chi connectivity index (χ2n) is 9.37. The number of carbonyl (C=O) groups excluding carboxylic acids is 1. The van der Waals surface area contributed by atoms with Crippen LogP contribution in [0.1, 0.15) is 37.8 Å². The number of benzene rings is 2. The standard InChI is InChI=1S/C26H32N4O2S/c1-18-13-19(2)16-29(15-18)17-21-8-4-3-7-20(21)14-27-24(31)11-12-30-25(32)22-9-5-6-10-23(22)28-26(30)33/h3-10,18-19H,11-17H2,1-2H3,(H,27,31)(H,28,33). The minimum absolute atomic E-state index is 0.0977. The van der Waals surface area contributed by atoms with Gasteiger partial charge < -0.3 is 10.3 Å². The van der Waals surface area contributed by atoms with Crippen LogP contribution in [-0.4, -0.2) is 33.4 Å². The van der Waals surface area contributed by atoms with Gasteiger partial charge in [0.05, 0.1) is 10.9 Å². The third-order valence-electron chi connectivity index (χ3n) is 6.38. The molecule has 174 valence electrons. The van der Waals surface area contributed by atoms with Crippen molar-refractivity contribution < 1.29 is 4.79 Å². The van der Waals surface area contributed by atoms with E-state index in [1.54, 1.807) is 6.07 Å². The number of aromatic amines is 1. The highest BCUT2D eigenvalue weighted by Crippen LogP contribution is 2.23. The number of nitrogens with zero attached hydrogens (tertiary/aromatic N) is 2. The Morgan fingerprint density at radius 1 is 1.06 bits per heavy atom. The van der Waals surface area contributed by atoms with Gasteiger partial charge in [0.1, 0.15) is 0 Å². The molecule has 7 heteroatoms. The van der Waals surface area contributed by atoms with Gasteiger partial charge in [0.2, 0.25) is 5.91 Å². The zero-order valence-electron chi connectivity index (χ0n) is 19.3. The monoisotopic (exact) mass is 464 g/mol. The molecule has 3 aromatic rings. The Balaban J connectivity index is 1.37. The summed E-state index contributed by atoms with van der Waals surface area (Å²) in [6.45, 7) is 8.51. The molecule has 2 N–H and O–H groups in total. The van der Waals surface area contributed by atoms with E-state index in [9.17, 15) is 9.59 Å². The fourth-order valence-electron chi connectivity index (χ4n) is 4.94. The smallest absolute Gasteiger partial charge is 0.262 e. The van der Waals surface area contributed by atoms with Gasteiger partial charge in [-0.2, -0.15) is 0 Å². The van der Waals surface area contributed by atoms with E-state index < -0.39 is 0 Å². The molecule has 1 aliphatic heterocycles. The highest BCUT2D eigenvalue weighted by Gasteiger charge is 2.22. The van der Waals surface area contributed by atoms with Crippen LogP contribution in [0.3, 0.4) is 0 Å². The maximum Gasteiger partial charge on any atom is 0.262 e. The van der Waals surface area contributed by atoms with Crippen LogP contribution in [0.15, 0.2) is 53.3 Å². The van der Waals surface area contributed by atoms with E-state index in [1.165, 1.54) is 16.6 Å². The molecular formula is C26H32N4O2S. The van der Waals surface area contributed by atoms with E-state index in [4.69, 9.17) is 12.2 Å². The Hall–Kier alpha value is -2.77. The lowest BCUT2D eigenvalue weighted by molar-refractivity contribution is -0.121. The molecular weight excluding hydrogens is 432 g/mol. The van der Waals surface area contributed by atoms with Gasteiger partial charge in [-0.3, -0.25) is 19.1 Å². The third kappa shape index (κ3) is 5.78. The van der Waals surface area contributed by atoms with Crippen LogP contribution in [0.4, 0.5) is 0 Å². The number of carbonyl (C=O) groups is 1. The van der Waals surface area contributed by atoms with Gasteiger partial charge in [-0.15, -0.1) is 0 Å². The quantitative estimate of drug-likeness (QED) is 0.513. The topological polar surface area (TPSA) is 70.1 Å². The normalized spacial score (nSPS) is 19.0. The summed E-state index contributed by atoms with van der Waals surface area (Å²) < 4.78 is 1.80. The Bertz CT molecular complexity index is 1240. The first kappa shape index (κ1) is 23.4. The van der Waals surface area contributed by atoms with Crippen molar-refractivity contribution in [2.45, 2.75) is 46.3 Å². The van der Waals surface area contributed by atoms with Crippen molar-refractivity contribution in [1.29, 1.82) is 0 Å². The lowest BCUT2D eigenvalue weighted by Gasteiger charge is -2.35. The Morgan fingerprint density at radius 3 is 2.48 bits per heavy atom. The Kier molecular flexibility index (Phi) is 7.40. The van der Waals surface area contributed by atoms with E-state index in [0.717, 1.165) is 25.2 Å². The minimum Gasteiger partial charge on any atom is -0.352 e. The number of piperidine rings is 1. The largest absolute Gasteiger partial charge is 0.352 e. The average Bonchev–Trinajstić information content (AvgIpc) is 2.77. The zero-order chi connectivity index (χ0) is 23.4. The Morgan fingerprint density at radius 2 is 1.73 bits per heavy atom. The Labute approximate surface area is 199 Å². The fraction of sp³-hybridized carbons (Fsp3) is 0.423. The molecule has 33 heavy (non-hydrogen) atoms. The molecule has 1 fully saturated rings. The zero-order valence-corrected chi connectivity index (χ0v) is 20.2. The highest BCUT2D eigenvalue weighted by atomic mass is 32.1. The van der Waals surface area contributed by atoms with Crippen LogP contribution < -0.4 is 10.9 Å². The molecule has 0 saturated carbocycles. The molecule has 2 unspecified atom stereocenters. The van der Waals surface area contributed by atoms with Crippen molar-refractivity contribution in [2.24, 2.45) is 11.8 Å². The van der Waals surface area contributed by atoms with Crippen molar-refractivity contribution in [1.82, 2.24) is 19.8 Å². The van der Waals surface area contributed by atoms with E-state index in [1.807, 2.05) is 24.3 Å². The molecule has 2 atom stereocenters. The van der Waals surface area contributed by atoms with E-state index in [2.05, 4.69) is 47.2 Å². The van der Waals surface area contributed by atoms with Crippen LogP contribution in [0.5, 0.6) is 0 Å². The van der Waals surface area contributed by atoms with Gasteiger partial charge in [-0.25, -0.2) is 0 Å². The first-order valence-electron chi connectivity index (χ1n) is 11.7. The molecule has 0 bridgehead atoms. The van der Waals surface area contributed by atoms with Gasteiger partial charge in [-0.05, 0) is 53.7 Å². The van der Waals surface area contributed by atoms with Crippen molar-refractivity contribution in [3.05, 3.63) is 74.8 Å². The van der Waals surface area contributed by atoms with E-state index >= 15 is 0 Å². The van der Waals surface area contributed by atoms with Gasteiger partial charge in [0.25, 0.3) is 5.56 Å². The molecule has 1 aliphatic rings. The number of hydrogen-bond acceptors (Lipinski definition) is 4. The number of hydrogen-bond donors (Lipinski definition) is 2. The number of likely N-dealkylation sites (tertiary alicyclic amines) is 1. The fourth-order valence-corrected chi connectivity index (χ4v) is 5.23. The molecule has 1 aromatic heterocycles. The first-order valence-corrected chi connectivity index (χ1v) is 12.1. The maximum atomic E-state index is 12.8. The number of H-pyrrole nitrogens is 1. The maximum absolute atomic E-state index is 12.8. The molecule has 0 radical (unpaired) electrons. The highest BCUT2D eigenvalue weighted by molar-refractivity contribution is 7.71. The summed E-state index contributed by atoms with van der Waals surface area (Å²) in [5.74, 6) is 1.33. The second kappa shape index (κ2) is 10.4. The van der Waals surface area contributed by atoms with Gasteiger partial charge in [0, 0.05) is 39.1 Å². The first-order chi connectivity index (χ1) is 15.9. The minimum atomic E-state index is -0.169. The van der Waals surface area contributed by atoms with Crippen LogP contribution in [0.25, 0.3) is 10.9 Å². The van der Waals surface area contributed by atoms with Gasteiger partial charge in [0.15, 0.2) is 4.77 Å². The van der Waals surface area contributed by atoms with Crippen LogP contribution in [0, 0.1) is 16.6 Å². The molecule has 4 rings (SSSR count). The van der Waals surface area contributed by atoms with Crippen molar-refractivity contribution in [3.8, 4) is 0 Å². The number of fused-ring (bicyclic) bond motifs is 1. The number of para-hydroxylation sites is 1. The van der Waals surface area contributed by atoms with Crippen LogP contribution in [0.2, 0.25) is 0 Å². The number of nitrogens with one attached hydrogen (secondary N) is 2. The summed E-state index contributed by atoms with van der Waals surface area (Å²) in [7, 11) is 0. The van der Waals surface area contributed by atoms with Crippen molar-refractivity contribution >= 4 is 29.0 Å². The molecule has 0 spiro atoms. The lowest BCUT2D eigenvalue weighted by atomic mass is 9.91. The molecule has 6 nitrogen and oxygen atoms in total. The van der Waals surface area contributed by atoms with Crippen molar-refractivity contribution in [3.63, 3.8) is 0 Å². The summed E-state index contributed by atoms with van der Waals surface area (Å²) in [6.07, 6.45) is 1.48. The summed E-state index contributed by atoms with van der Waals surface area (Å²) in [6, 6.07) is 15.6. The predicted octanol–water partition coefficient (Wildman–Crippen LogP) is 4.24. The molecule has 2 aromatic carbocycles. The number of amides is 1. The average molecular weight is 465 g/mol. The van der Waals surface area contributed by atoms with Crippen molar-refractivity contribution in [2.75, 3.05) is 13.1 Å². The van der Waals surface area contributed by atoms with Gasteiger partial charge in [-0.1, -0.05) is 50.2 Å². The van der Waals surface area contributed by atoms with Crippen LogP contribution >= 0.6 is 12.2 Å².